The summed E-state index contributed by atoms with van der Waals surface area (Å²) in [5.41, 5.74) is 5.84. The van der Waals surface area contributed by atoms with Crippen LogP contribution in [0.25, 0.3) is 0 Å². The van der Waals surface area contributed by atoms with Gasteiger partial charge in [0, 0.05) is 12.4 Å². The number of benzene rings is 1. The predicted molar refractivity (Wildman–Crippen MR) is 81.7 cm³/mol. The summed E-state index contributed by atoms with van der Waals surface area (Å²) in [7, 11) is 0. The van der Waals surface area contributed by atoms with Gasteiger partial charge >= 0.3 is 0 Å². The van der Waals surface area contributed by atoms with Crippen LogP contribution in [0.15, 0.2) is 12.1 Å². The molecule has 1 rings (SSSR count). The van der Waals surface area contributed by atoms with E-state index in [-0.39, 0.29) is 5.41 Å². The molecule has 0 aromatic heterocycles. The Hall–Kier alpha value is -0.530. The summed E-state index contributed by atoms with van der Waals surface area (Å²) in [6, 6.07) is 4.65. The first-order valence-corrected chi connectivity index (χ1v) is 7.27. The molecule has 1 nitrogen and oxygen atoms in total. The molecule has 0 atom stereocenters. The van der Waals surface area contributed by atoms with Gasteiger partial charge < -0.3 is 5.32 Å². The van der Waals surface area contributed by atoms with E-state index in [2.05, 4.69) is 52.1 Å². The molecule has 0 heterocycles. The molecule has 0 fully saturated rings. The van der Waals surface area contributed by atoms with Crippen molar-refractivity contribution in [3.8, 4) is 0 Å². The van der Waals surface area contributed by atoms with Crippen molar-refractivity contribution in [1.82, 2.24) is 5.32 Å². The Morgan fingerprint density at radius 1 is 1.11 bits per heavy atom. The number of hydrogen-bond acceptors (Lipinski definition) is 1. The molecule has 18 heavy (non-hydrogen) atoms. The molecule has 0 aliphatic heterocycles. The molecule has 0 aliphatic rings. The van der Waals surface area contributed by atoms with Gasteiger partial charge in [0.05, 0.1) is 0 Å². The fraction of sp³-hybridized carbons (Fsp3) is 0.625. The smallest absolute Gasteiger partial charge is 0.0235 e. The number of alkyl halides is 1. The lowest BCUT2D eigenvalue weighted by Crippen LogP contribution is -2.18. The van der Waals surface area contributed by atoms with E-state index in [9.17, 15) is 0 Å². The van der Waals surface area contributed by atoms with Gasteiger partial charge in [-0.2, -0.15) is 0 Å². The normalized spacial score (nSPS) is 11.9. The largest absolute Gasteiger partial charge is 0.313 e. The summed E-state index contributed by atoms with van der Waals surface area (Å²) in [5, 5.41) is 3.46. The van der Waals surface area contributed by atoms with Gasteiger partial charge in [0.1, 0.15) is 0 Å². The van der Waals surface area contributed by atoms with Crippen molar-refractivity contribution in [3.63, 3.8) is 0 Å². The van der Waals surface area contributed by atoms with Gasteiger partial charge in [0.25, 0.3) is 0 Å². The predicted octanol–water partition coefficient (Wildman–Crippen LogP) is 4.32. The third kappa shape index (κ3) is 4.29. The van der Waals surface area contributed by atoms with E-state index in [0.717, 1.165) is 25.4 Å². The maximum Gasteiger partial charge on any atom is 0.0235 e. The molecule has 0 unspecified atom stereocenters. The van der Waals surface area contributed by atoms with E-state index < -0.39 is 0 Å². The third-order valence-electron chi connectivity index (χ3n) is 3.35. The molecule has 0 radical (unpaired) electrons. The topological polar surface area (TPSA) is 12.0 Å². The Morgan fingerprint density at radius 2 is 1.67 bits per heavy atom. The fourth-order valence-corrected chi connectivity index (χ4v) is 2.24. The Morgan fingerprint density at radius 3 is 2.11 bits per heavy atom. The number of rotatable bonds is 5. The highest BCUT2D eigenvalue weighted by Gasteiger charge is 2.15. The highest BCUT2D eigenvalue weighted by molar-refractivity contribution is 6.17. The first-order valence-electron chi connectivity index (χ1n) is 6.73. The van der Waals surface area contributed by atoms with E-state index >= 15 is 0 Å². The lowest BCUT2D eigenvalue weighted by Gasteiger charge is -2.22. The monoisotopic (exact) mass is 267 g/mol. The number of halogens is 1. The molecule has 0 saturated carbocycles. The Bertz CT molecular complexity index is 368. The molecule has 1 aromatic carbocycles. The lowest BCUT2D eigenvalue weighted by molar-refractivity contribution is 0.587. The Kier molecular flexibility index (Phi) is 5.68. The highest BCUT2D eigenvalue weighted by atomic mass is 35.5. The second-order valence-electron chi connectivity index (χ2n) is 6.06. The van der Waals surface area contributed by atoms with E-state index in [1.165, 1.54) is 22.3 Å². The summed E-state index contributed by atoms with van der Waals surface area (Å²) in [6.45, 7) is 13.1. The molecule has 0 bridgehead atoms. The second kappa shape index (κ2) is 6.58. The average molecular weight is 268 g/mol. The molecule has 1 N–H and O–H groups in total. The van der Waals surface area contributed by atoms with E-state index in [0.29, 0.717) is 0 Å². The molecule has 102 valence electrons. The van der Waals surface area contributed by atoms with Crippen LogP contribution in [0.2, 0.25) is 0 Å². The van der Waals surface area contributed by atoms with Crippen LogP contribution >= 0.6 is 11.6 Å². The zero-order valence-electron chi connectivity index (χ0n) is 12.4. The molecule has 0 spiro atoms. The van der Waals surface area contributed by atoms with Crippen molar-refractivity contribution in [1.29, 1.82) is 0 Å². The molecule has 0 saturated heterocycles. The van der Waals surface area contributed by atoms with Gasteiger partial charge in [-0.05, 0) is 54.5 Å². The SMILES string of the molecule is Cc1cc(C(C)(C)C)cc(C)c1CNCCCCl. The Labute approximate surface area is 117 Å². The summed E-state index contributed by atoms with van der Waals surface area (Å²) < 4.78 is 0. The van der Waals surface area contributed by atoms with Crippen molar-refractivity contribution in [2.24, 2.45) is 0 Å². The molecule has 0 amide bonds. The molecular formula is C16H26ClN. The van der Waals surface area contributed by atoms with Crippen LogP contribution in [-0.4, -0.2) is 12.4 Å². The maximum absolute atomic E-state index is 5.68. The molecule has 2 heteroatoms. The lowest BCUT2D eigenvalue weighted by atomic mass is 9.84. The molecular weight excluding hydrogens is 242 g/mol. The van der Waals surface area contributed by atoms with E-state index in [1.54, 1.807) is 0 Å². The van der Waals surface area contributed by atoms with Gasteiger partial charge in [0.15, 0.2) is 0 Å². The van der Waals surface area contributed by atoms with Crippen LogP contribution in [0.3, 0.4) is 0 Å². The van der Waals surface area contributed by atoms with Crippen LogP contribution in [-0.2, 0) is 12.0 Å². The van der Waals surface area contributed by atoms with Crippen molar-refractivity contribution in [2.75, 3.05) is 12.4 Å². The quantitative estimate of drug-likeness (QED) is 0.619. The standard InChI is InChI=1S/C16H26ClN/c1-12-9-14(16(3,4)5)10-13(2)15(12)11-18-8-6-7-17/h9-10,18H,6-8,11H2,1-5H3. The summed E-state index contributed by atoms with van der Waals surface area (Å²) in [4.78, 5) is 0. The van der Waals surface area contributed by atoms with E-state index in [1.807, 2.05) is 0 Å². The minimum absolute atomic E-state index is 0.222. The van der Waals surface area contributed by atoms with Gasteiger partial charge in [-0.3, -0.25) is 0 Å². The number of nitrogens with one attached hydrogen (secondary N) is 1. The highest BCUT2D eigenvalue weighted by Crippen LogP contribution is 2.26. The Balaban J connectivity index is 2.82. The van der Waals surface area contributed by atoms with Crippen LogP contribution in [0, 0.1) is 13.8 Å². The van der Waals surface area contributed by atoms with Crippen molar-refractivity contribution in [2.45, 2.75) is 53.0 Å². The second-order valence-corrected chi connectivity index (χ2v) is 6.44. The van der Waals surface area contributed by atoms with Crippen molar-refractivity contribution < 1.29 is 0 Å². The first-order chi connectivity index (χ1) is 8.36. The number of aryl methyl sites for hydroxylation is 2. The summed E-state index contributed by atoms with van der Waals surface area (Å²) in [6.07, 6.45) is 1.03. The average Bonchev–Trinajstić information content (AvgIpc) is 2.25. The first kappa shape index (κ1) is 15.5. The molecule has 1 aromatic rings. The summed E-state index contributed by atoms with van der Waals surface area (Å²) in [5.74, 6) is 0.730. The summed E-state index contributed by atoms with van der Waals surface area (Å²) >= 11 is 5.68. The van der Waals surface area contributed by atoms with Crippen molar-refractivity contribution in [3.05, 3.63) is 34.4 Å². The zero-order valence-corrected chi connectivity index (χ0v) is 13.1. The van der Waals surface area contributed by atoms with Crippen LogP contribution in [0.5, 0.6) is 0 Å². The van der Waals surface area contributed by atoms with Crippen molar-refractivity contribution >= 4 is 11.6 Å². The maximum atomic E-state index is 5.68. The van der Waals surface area contributed by atoms with Crippen LogP contribution in [0.1, 0.15) is 49.4 Å². The minimum atomic E-state index is 0.222. The van der Waals surface area contributed by atoms with Gasteiger partial charge in [-0.1, -0.05) is 32.9 Å². The van der Waals surface area contributed by atoms with Gasteiger partial charge in [0.2, 0.25) is 0 Å². The van der Waals surface area contributed by atoms with E-state index in [4.69, 9.17) is 11.6 Å². The van der Waals surface area contributed by atoms with Gasteiger partial charge in [-0.15, -0.1) is 11.6 Å². The zero-order chi connectivity index (χ0) is 13.8. The minimum Gasteiger partial charge on any atom is -0.313 e. The van der Waals surface area contributed by atoms with Crippen LogP contribution in [0.4, 0.5) is 0 Å². The van der Waals surface area contributed by atoms with Crippen LogP contribution < -0.4 is 5.32 Å². The number of hydrogen-bond donors (Lipinski definition) is 1. The molecule has 0 aliphatic carbocycles. The fourth-order valence-electron chi connectivity index (χ4n) is 2.11. The third-order valence-corrected chi connectivity index (χ3v) is 3.62. The van der Waals surface area contributed by atoms with Gasteiger partial charge in [-0.25, -0.2) is 0 Å².